The topological polar surface area (TPSA) is 54.4 Å². The molecule has 0 spiro atoms. The van der Waals surface area contributed by atoms with Gasteiger partial charge in [-0.05, 0) is 83.4 Å². The number of rotatable bonds is 4. The molecule has 1 N–H and O–H groups in total. The molecule has 0 amide bonds. The minimum atomic E-state index is 0.682. The fourth-order valence-electron chi connectivity index (χ4n) is 6.35. The fourth-order valence-corrected chi connectivity index (χ4v) is 6.35. The van der Waals surface area contributed by atoms with Crippen LogP contribution in [0.3, 0.4) is 0 Å². The van der Waals surface area contributed by atoms with Crippen molar-refractivity contribution in [1.29, 1.82) is 0 Å². The van der Waals surface area contributed by atoms with E-state index in [1.54, 1.807) is 6.20 Å². The van der Waals surface area contributed by atoms with E-state index in [-0.39, 0.29) is 0 Å². The molecule has 0 radical (unpaired) electrons. The van der Waals surface area contributed by atoms with Gasteiger partial charge in [-0.3, -0.25) is 4.98 Å². The molecule has 0 saturated carbocycles. The van der Waals surface area contributed by atoms with Crippen molar-refractivity contribution >= 4 is 66.8 Å². The SMILES string of the molecule is C1=Cc2c(oc3ccc(N(c4ccc5oc6ccncc6c5c4)c4cc(-c5ccccc5)cc5ccccc45)cc23)CN1. The molecule has 0 bridgehead atoms. The van der Waals surface area contributed by atoms with Crippen molar-refractivity contribution in [2.45, 2.75) is 6.54 Å². The molecule has 0 atom stereocenters. The van der Waals surface area contributed by atoms with Crippen LogP contribution in [0, 0.1) is 0 Å². The second-order valence-corrected chi connectivity index (χ2v) is 10.9. The standard InChI is InChI=1S/C38H25N3O2/c1-2-6-24(7-3-1)26-18-25-8-4-5-9-29(25)34(19-26)41(27-10-12-35-31(20-27)30-14-16-40-23-38(30)43-35)28-11-13-36-32(21-28)33-22-39-17-15-37(33)42-36/h1-22,40H,23H2. The van der Waals surface area contributed by atoms with Crippen LogP contribution < -0.4 is 10.2 Å². The molecule has 1 aliphatic heterocycles. The number of furan rings is 2. The van der Waals surface area contributed by atoms with E-state index in [1.807, 2.05) is 18.5 Å². The normalized spacial score (nSPS) is 12.7. The summed E-state index contributed by atoms with van der Waals surface area (Å²) in [6, 6.07) is 38.6. The van der Waals surface area contributed by atoms with E-state index in [4.69, 9.17) is 8.83 Å². The van der Waals surface area contributed by atoms with E-state index in [1.165, 1.54) is 16.3 Å². The molecule has 3 aromatic heterocycles. The van der Waals surface area contributed by atoms with Crippen LogP contribution in [0.25, 0.3) is 60.9 Å². The molecule has 1 aliphatic rings. The van der Waals surface area contributed by atoms with Gasteiger partial charge >= 0.3 is 0 Å². The second kappa shape index (κ2) is 9.36. The summed E-state index contributed by atoms with van der Waals surface area (Å²) in [4.78, 5) is 6.74. The van der Waals surface area contributed by atoms with Gasteiger partial charge in [-0.15, -0.1) is 0 Å². The molecule has 8 aromatic rings. The number of aromatic nitrogens is 1. The van der Waals surface area contributed by atoms with Crippen molar-refractivity contribution < 1.29 is 8.83 Å². The van der Waals surface area contributed by atoms with Crippen molar-refractivity contribution in [3.8, 4) is 11.1 Å². The third-order valence-corrected chi connectivity index (χ3v) is 8.38. The highest BCUT2D eigenvalue weighted by Gasteiger charge is 2.21. The van der Waals surface area contributed by atoms with E-state index in [2.05, 4.69) is 124 Å². The fraction of sp³-hybridized carbons (Fsp3) is 0.0263. The van der Waals surface area contributed by atoms with Gasteiger partial charge in [0.15, 0.2) is 0 Å². The zero-order valence-electron chi connectivity index (χ0n) is 23.1. The zero-order valence-corrected chi connectivity index (χ0v) is 23.1. The first-order valence-corrected chi connectivity index (χ1v) is 14.4. The van der Waals surface area contributed by atoms with Crippen LogP contribution in [0.15, 0.2) is 137 Å². The van der Waals surface area contributed by atoms with Gasteiger partial charge in [-0.1, -0.05) is 54.6 Å². The van der Waals surface area contributed by atoms with Gasteiger partial charge in [0.2, 0.25) is 0 Å². The molecular weight excluding hydrogens is 530 g/mol. The Morgan fingerprint density at radius 3 is 2.28 bits per heavy atom. The third kappa shape index (κ3) is 3.82. The lowest BCUT2D eigenvalue weighted by Crippen LogP contribution is -2.11. The molecular formula is C38H25N3O2. The summed E-state index contributed by atoms with van der Waals surface area (Å²) >= 11 is 0. The van der Waals surface area contributed by atoms with Crippen molar-refractivity contribution in [3.05, 3.63) is 139 Å². The Labute approximate surface area is 247 Å². The number of fused-ring (bicyclic) bond motifs is 7. The van der Waals surface area contributed by atoms with E-state index in [9.17, 15) is 0 Å². The lowest BCUT2D eigenvalue weighted by Gasteiger charge is -2.28. The predicted molar refractivity (Wildman–Crippen MR) is 175 cm³/mol. The lowest BCUT2D eigenvalue weighted by molar-refractivity contribution is 0.532. The Morgan fingerprint density at radius 1 is 0.628 bits per heavy atom. The quantitative estimate of drug-likeness (QED) is 0.234. The maximum Gasteiger partial charge on any atom is 0.138 e. The van der Waals surface area contributed by atoms with Gasteiger partial charge < -0.3 is 19.1 Å². The largest absolute Gasteiger partial charge is 0.459 e. The minimum Gasteiger partial charge on any atom is -0.459 e. The van der Waals surface area contributed by atoms with Crippen molar-refractivity contribution in [1.82, 2.24) is 10.3 Å². The Morgan fingerprint density at radius 2 is 1.40 bits per heavy atom. The van der Waals surface area contributed by atoms with E-state index in [0.717, 1.165) is 66.9 Å². The van der Waals surface area contributed by atoms with Gasteiger partial charge in [-0.2, -0.15) is 0 Å². The van der Waals surface area contributed by atoms with Crippen LogP contribution in [0.4, 0.5) is 17.1 Å². The van der Waals surface area contributed by atoms with Crippen LogP contribution >= 0.6 is 0 Å². The minimum absolute atomic E-state index is 0.682. The molecule has 0 unspecified atom stereocenters. The Kier molecular flexibility index (Phi) is 5.19. The van der Waals surface area contributed by atoms with Gasteiger partial charge in [-0.25, -0.2) is 0 Å². The molecule has 0 aliphatic carbocycles. The van der Waals surface area contributed by atoms with Crippen molar-refractivity contribution in [2.24, 2.45) is 0 Å². The van der Waals surface area contributed by atoms with Crippen LogP contribution in [-0.4, -0.2) is 4.98 Å². The molecule has 204 valence electrons. The first-order valence-electron chi connectivity index (χ1n) is 14.4. The van der Waals surface area contributed by atoms with Crippen LogP contribution in [0.2, 0.25) is 0 Å². The number of anilines is 3. The summed E-state index contributed by atoms with van der Waals surface area (Å²) < 4.78 is 12.4. The number of hydrogen-bond acceptors (Lipinski definition) is 5. The Hall–Kier alpha value is -5.81. The number of benzene rings is 5. The average Bonchev–Trinajstić information content (AvgIpc) is 3.63. The van der Waals surface area contributed by atoms with Crippen LogP contribution in [0.5, 0.6) is 0 Å². The summed E-state index contributed by atoms with van der Waals surface area (Å²) in [5, 5.41) is 8.74. The Bertz CT molecular complexity index is 2360. The first-order chi connectivity index (χ1) is 21.3. The number of nitrogens with one attached hydrogen (secondary N) is 1. The summed E-state index contributed by atoms with van der Waals surface area (Å²) in [7, 11) is 0. The smallest absolute Gasteiger partial charge is 0.138 e. The average molecular weight is 556 g/mol. The van der Waals surface area contributed by atoms with E-state index in [0.29, 0.717) is 6.54 Å². The molecule has 5 nitrogen and oxygen atoms in total. The maximum absolute atomic E-state index is 6.23. The molecule has 4 heterocycles. The monoisotopic (exact) mass is 555 g/mol. The van der Waals surface area contributed by atoms with Crippen molar-refractivity contribution in [2.75, 3.05) is 4.90 Å². The first kappa shape index (κ1) is 23.9. The summed E-state index contributed by atoms with van der Waals surface area (Å²) in [6.07, 6.45) is 7.74. The molecule has 5 heteroatoms. The predicted octanol–water partition coefficient (Wildman–Crippen LogP) is 10.1. The highest BCUT2D eigenvalue weighted by atomic mass is 16.3. The highest BCUT2D eigenvalue weighted by molar-refractivity contribution is 6.08. The Balaban J connectivity index is 1.35. The van der Waals surface area contributed by atoms with Gasteiger partial charge in [0.25, 0.3) is 0 Å². The number of nitrogens with zero attached hydrogens (tertiary/aromatic N) is 2. The third-order valence-electron chi connectivity index (χ3n) is 8.38. The maximum atomic E-state index is 6.23. The van der Waals surface area contributed by atoms with Crippen molar-refractivity contribution in [3.63, 3.8) is 0 Å². The van der Waals surface area contributed by atoms with Gasteiger partial charge in [0.05, 0.1) is 12.2 Å². The highest BCUT2D eigenvalue weighted by Crippen LogP contribution is 2.44. The summed E-state index contributed by atoms with van der Waals surface area (Å²) in [5.74, 6) is 0.955. The molecule has 0 saturated heterocycles. The molecule has 43 heavy (non-hydrogen) atoms. The van der Waals surface area contributed by atoms with E-state index >= 15 is 0 Å². The lowest BCUT2D eigenvalue weighted by atomic mass is 9.98. The van der Waals surface area contributed by atoms with Crippen LogP contribution in [0.1, 0.15) is 11.3 Å². The molecule has 0 fully saturated rings. The van der Waals surface area contributed by atoms with E-state index < -0.39 is 0 Å². The molecule has 5 aromatic carbocycles. The van der Waals surface area contributed by atoms with Crippen LogP contribution in [-0.2, 0) is 6.54 Å². The summed E-state index contributed by atoms with van der Waals surface area (Å²) in [5.41, 5.74) is 9.18. The number of pyridine rings is 1. The molecule has 9 rings (SSSR count). The van der Waals surface area contributed by atoms with Gasteiger partial charge in [0.1, 0.15) is 22.5 Å². The second-order valence-electron chi connectivity index (χ2n) is 10.9. The summed E-state index contributed by atoms with van der Waals surface area (Å²) in [6.45, 7) is 0.682. The number of hydrogen-bond donors (Lipinski definition) is 1. The zero-order chi connectivity index (χ0) is 28.3. The van der Waals surface area contributed by atoms with Gasteiger partial charge in [0, 0.05) is 50.9 Å².